The molecule has 1 aliphatic carbocycles. The molecule has 0 aromatic heterocycles. The van der Waals surface area contributed by atoms with Crippen molar-refractivity contribution in [1.82, 2.24) is 10.2 Å². The number of fused-ring (bicyclic) bond motifs is 1. The van der Waals surface area contributed by atoms with Crippen LogP contribution in [0.15, 0.2) is 4.99 Å². The highest BCUT2D eigenvalue weighted by Gasteiger charge is 2.31. The first-order valence-corrected chi connectivity index (χ1v) is 8.56. The molecule has 0 aromatic carbocycles. The van der Waals surface area contributed by atoms with Crippen LogP contribution in [0.5, 0.6) is 0 Å². The standard InChI is InChI=1S/C14H23N3OS/c18-13(17-8-4-1-5-9-17)10-19-14-15-11-6-2-3-7-12(11)16-14/h11-12H,1-10H2,(H,15,16). The van der Waals surface area contributed by atoms with E-state index in [1.54, 1.807) is 11.8 Å². The number of carbonyl (C=O) groups is 1. The second-order valence-electron chi connectivity index (χ2n) is 5.77. The molecule has 0 radical (unpaired) electrons. The van der Waals surface area contributed by atoms with E-state index in [4.69, 9.17) is 4.99 Å². The van der Waals surface area contributed by atoms with Crippen LogP contribution in [-0.4, -0.2) is 46.9 Å². The molecule has 106 valence electrons. The van der Waals surface area contributed by atoms with Crippen LogP contribution >= 0.6 is 11.8 Å². The van der Waals surface area contributed by atoms with Crippen LogP contribution in [0.2, 0.25) is 0 Å². The first-order chi connectivity index (χ1) is 9.33. The topological polar surface area (TPSA) is 44.7 Å². The number of aliphatic imine (C=N–C) groups is 1. The zero-order chi connectivity index (χ0) is 13.1. The van der Waals surface area contributed by atoms with Crippen molar-refractivity contribution in [2.75, 3.05) is 18.8 Å². The van der Waals surface area contributed by atoms with E-state index >= 15 is 0 Å². The van der Waals surface area contributed by atoms with Gasteiger partial charge in [-0.1, -0.05) is 24.6 Å². The highest BCUT2D eigenvalue weighted by Crippen LogP contribution is 2.27. The number of thioether (sulfide) groups is 1. The molecule has 2 fully saturated rings. The van der Waals surface area contributed by atoms with Crippen molar-refractivity contribution >= 4 is 22.8 Å². The molecule has 2 aliphatic heterocycles. The smallest absolute Gasteiger partial charge is 0.233 e. The van der Waals surface area contributed by atoms with Crippen molar-refractivity contribution in [2.45, 2.75) is 57.0 Å². The van der Waals surface area contributed by atoms with Gasteiger partial charge in [0.1, 0.15) is 0 Å². The molecule has 0 bridgehead atoms. The third-order valence-corrected chi connectivity index (χ3v) is 5.25. The van der Waals surface area contributed by atoms with Crippen LogP contribution in [0.4, 0.5) is 0 Å². The Morgan fingerprint density at radius 1 is 1.21 bits per heavy atom. The lowest BCUT2D eigenvalue weighted by atomic mass is 9.92. The minimum Gasteiger partial charge on any atom is -0.360 e. The first-order valence-electron chi connectivity index (χ1n) is 7.58. The average Bonchev–Trinajstić information content (AvgIpc) is 2.88. The quantitative estimate of drug-likeness (QED) is 0.842. The molecule has 19 heavy (non-hydrogen) atoms. The molecule has 2 atom stereocenters. The highest BCUT2D eigenvalue weighted by molar-refractivity contribution is 8.14. The van der Waals surface area contributed by atoms with Gasteiger partial charge in [-0.15, -0.1) is 0 Å². The normalized spacial score (nSPS) is 30.5. The van der Waals surface area contributed by atoms with E-state index in [0.717, 1.165) is 18.3 Å². The first kappa shape index (κ1) is 13.3. The lowest BCUT2D eigenvalue weighted by Gasteiger charge is -2.26. The Hall–Kier alpha value is -0.710. The van der Waals surface area contributed by atoms with Crippen LogP contribution < -0.4 is 5.32 Å². The van der Waals surface area contributed by atoms with E-state index in [1.807, 2.05) is 4.90 Å². The summed E-state index contributed by atoms with van der Waals surface area (Å²) in [5.74, 6) is 0.828. The van der Waals surface area contributed by atoms with Gasteiger partial charge in [-0.3, -0.25) is 9.79 Å². The Morgan fingerprint density at radius 3 is 2.79 bits per heavy atom. The maximum atomic E-state index is 12.1. The van der Waals surface area contributed by atoms with E-state index in [2.05, 4.69) is 5.32 Å². The van der Waals surface area contributed by atoms with Gasteiger partial charge in [0.05, 0.1) is 17.8 Å². The molecule has 1 N–H and O–H groups in total. The molecule has 0 aromatic rings. The number of likely N-dealkylation sites (tertiary alicyclic amines) is 1. The second-order valence-corrected chi connectivity index (χ2v) is 6.73. The number of rotatable bonds is 2. The van der Waals surface area contributed by atoms with Gasteiger partial charge in [-0.25, -0.2) is 0 Å². The van der Waals surface area contributed by atoms with Crippen LogP contribution in [-0.2, 0) is 4.79 Å². The Labute approximate surface area is 119 Å². The maximum absolute atomic E-state index is 12.1. The minimum absolute atomic E-state index is 0.282. The van der Waals surface area contributed by atoms with Gasteiger partial charge in [0.2, 0.25) is 5.91 Å². The van der Waals surface area contributed by atoms with E-state index in [9.17, 15) is 4.79 Å². The van der Waals surface area contributed by atoms with Gasteiger partial charge < -0.3 is 10.2 Å². The summed E-state index contributed by atoms with van der Waals surface area (Å²) in [5, 5.41) is 4.50. The molecular weight excluding hydrogens is 258 g/mol. The SMILES string of the molecule is O=C(CSC1=NC2CCCCC2N1)N1CCCCC1. The van der Waals surface area contributed by atoms with Crippen LogP contribution in [0.1, 0.15) is 44.9 Å². The lowest BCUT2D eigenvalue weighted by Crippen LogP contribution is -2.38. The zero-order valence-electron chi connectivity index (χ0n) is 11.4. The summed E-state index contributed by atoms with van der Waals surface area (Å²) in [7, 11) is 0. The van der Waals surface area contributed by atoms with Gasteiger partial charge in [-0.2, -0.15) is 0 Å². The molecule has 1 saturated heterocycles. The Morgan fingerprint density at radius 2 is 2.00 bits per heavy atom. The van der Waals surface area contributed by atoms with Gasteiger partial charge in [-0.05, 0) is 32.1 Å². The van der Waals surface area contributed by atoms with Gasteiger partial charge in [0.25, 0.3) is 0 Å². The molecular formula is C14H23N3OS. The minimum atomic E-state index is 0.282. The number of nitrogens with zero attached hydrogens (tertiary/aromatic N) is 2. The molecule has 1 saturated carbocycles. The van der Waals surface area contributed by atoms with E-state index in [1.165, 1.54) is 44.9 Å². The lowest BCUT2D eigenvalue weighted by molar-refractivity contribution is -0.129. The number of carbonyl (C=O) groups excluding carboxylic acids is 1. The number of nitrogens with one attached hydrogen (secondary N) is 1. The summed E-state index contributed by atoms with van der Waals surface area (Å²) >= 11 is 1.60. The highest BCUT2D eigenvalue weighted by atomic mass is 32.2. The third-order valence-electron chi connectivity index (χ3n) is 4.36. The van der Waals surface area contributed by atoms with E-state index in [-0.39, 0.29) is 5.91 Å². The molecule has 5 heteroatoms. The molecule has 4 nitrogen and oxygen atoms in total. The van der Waals surface area contributed by atoms with Crippen molar-refractivity contribution < 1.29 is 4.79 Å². The number of hydrogen-bond acceptors (Lipinski definition) is 4. The van der Waals surface area contributed by atoms with Crippen molar-refractivity contribution in [1.29, 1.82) is 0 Å². The summed E-state index contributed by atoms with van der Waals surface area (Å²) < 4.78 is 0. The number of hydrogen-bond donors (Lipinski definition) is 1. The summed E-state index contributed by atoms with van der Waals surface area (Å²) in [6, 6.07) is 1.02. The number of amides is 1. The van der Waals surface area contributed by atoms with Gasteiger partial charge in [0.15, 0.2) is 5.17 Å². The molecule has 2 unspecified atom stereocenters. The molecule has 3 aliphatic rings. The summed E-state index contributed by atoms with van der Waals surface area (Å²) in [4.78, 5) is 18.8. The summed E-state index contributed by atoms with van der Waals surface area (Å²) in [6.45, 7) is 1.90. The second kappa shape index (κ2) is 6.16. The van der Waals surface area contributed by atoms with Crippen LogP contribution in [0.25, 0.3) is 0 Å². The molecule has 2 heterocycles. The van der Waals surface area contributed by atoms with Gasteiger partial charge >= 0.3 is 0 Å². The van der Waals surface area contributed by atoms with Crippen LogP contribution in [0.3, 0.4) is 0 Å². The molecule has 0 spiro atoms. The predicted octanol–water partition coefficient (Wildman–Crippen LogP) is 2.00. The van der Waals surface area contributed by atoms with Crippen molar-refractivity contribution in [2.24, 2.45) is 4.99 Å². The van der Waals surface area contributed by atoms with Gasteiger partial charge in [0, 0.05) is 13.1 Å². The number of amidine groups is 1. The Kier molecular flexibility index (Phi) is 4.31. The van der Waals surface area contributed by atoms with Crippen LogP contribution in [0, 0.1) is 0 Å². The third kappa shape index (κ3) is 3.25. The summed E-state index contributed by atoms with van der Waals surface area (Å²) in [5.41, 5.74) is 0. The zero-order valence-corrected chi connectivity index (χ0v) is 12.3. The summed E-state index contributed by atoms with van der Waals surface area (Å²) in [6.07, 6.45) is 8.67. The fraction of sp³-hybridized carbons (Fsp3) is 0.857. The monoisotopic (exact) mass is 281 g/mol. The fourth-order valence-corrected chi connectivity index (χ4v) is 4.11. The Bertz CT molecular complexity index is 366. The largest absolute Gasteiger partial charge is 0.360 e. The van der Waals surface area contributed by atoms with Crippen molar-refractivity contribution in [3.05, 3.63) is 0 Å². The fourth-order valence-electron chi connectivity index (χ4n) is 3.22. The number of piperidine rings is 1. The predicted molar refractivity (Wildman–Crippen MR) is 79.5 cm³/mol. The molecule has 1 amide bonds. The van der Waals surface area contributed by atoms with E-state index < -0.39 is 0 Å². The maximum Gasteiger partial charge on any atom is 0.233 e. The average molecular weight is 281 g/mol. The van der Waals surface area contributed by atoms with E-state index in [0.29, 0.717) is 17.8 Å². The Balaban J connectivity index is 1.45. The van der Waals surface area contributed by atoms with Crippen molar-refractivity contribution in [3.8, 4) is 0 Å². The molecule has 3 rings (SSSR count). The van der Waals surface area contributed by atoms with Crippen molar-refractivity contribution in [3.63, 3.8) is 0 Å².